The van der Waals surface area contributed by atoms with Crippen molar-refractivity contribution < 1.29 is 0 Å². The Bertz CT molecular complexity index is 270. The van der Waals surface area contributed by atoms with Gasteiger partial charge in [0.05, 0.1) is 5.01 Å². The van der Waals surface area contributed by atoms with Gasteiger partial charge in [-0.15, -0.1) is 11.3 Å². The molecule has 1 aromatic heterocycles. The molecule has 80 valence electrons. The number of aromatic nitrogens is 1. The summed E-state index contributed by atoms with van der Waals surface area (Å²) in [6.45, 7) is 9.81. The van der Waals surface area contributed by atoms with Crippen molar-refractivity contribution in [2.24, 2.45) is 0 Å². The van der Waals surface area contributed by atoms with Gasteiger partial charge in [0.15, 0.2) is 0 Å². The monoisotopic (exact) mass is 212 g/mol. The van der Waals surface area contributed by atoms with Crippen molar-refractivity contribution in [3.05, 3.63) is 16.1 Å². The molecule has 1 heterocycles. The van der Waals surface area contributed by atoms with E-state index in [1.165, 1.54) is 11.4 Å². The van der Waals surface area contributed by atoms with E-state index < -0.39 is 0 Å². The summed E-state index contributed by atoms with van der Waals surface area (Å²) in [5, 5.41) is 6.88. The van der Waals surface area contributed by atoms with Gasteiger partial charge in [0.25, 0.3) is 0 Å². The molecule has 0 saturated carbocycles. The van der Waals surface area contributed by atoms with Gasteiger partial charge in [0.2, 0.25) is 0 Å². The summed E-state index contributed by atoms with van der Waals surface area (Å²) < 4.78 is 0. The van der Waals surface area contributed by atoms with E-state index >= 15 is 0 Å². The molecule has 0 fully saturated rings. The van der Waals surface area contributed by atoms with Crippen LogP contribution in [0.25, 0.3) is 0 Å². The van der Waals surface area contributed by atoms with E-state index in [9.17, 15) is 0 Å². The van der Waals surface area contributed by atoms with Crippen molar-refractivity contribution in [3.63, 3.8) is 0 Å². The van der Waals surface area contributed by atoms with E-state index in [0.717, 1.165) is 12.2 Å². The highest BCUT2D eigenvalue weighted by atomic mass is 32.1. The molecule has 0 bridgehead atoms. The van der Waals surface area contributed by atoms with Gasteiger partial charge in [-0.3, -0.25) is 0 Å². The molecule has 0 saturated heterocycles. The van der Waals surface area contributed by atoms with E-state index in [4.69, 9.17) is 0 Å². The van der Waals surface area contributed by atoms with Gasteiger partial charge in [-0.25, -0.2) is 4.98 Å². The summed E-state index contributed by atoms with van der Waals surface area (Å²) in [5.41, 5.74) is 1.14. The predicted molar refractivity (Wildman–Crippen MR) is 63.0 cm³/mol. The van der Waals surface area contributed by atoms with Gasteiger partial charge in [0, 0.05) is 23.0 Å². The zero-order valence-corrected chi connectivity index (χ0v) is 10.3. The van der Waals surface area contributed by atoms with Gasteiger partial charge in [0.1, 0.15) is 0 Å². The maximum Gasteiger partial charge on any atom is 0.0971 e. The number of hydrogen-bond acceptors (Lipinski definition) is 3. The van der Waals surface area contributed by atoms with Crippen LogP contribution in [0.4, 0.5) is 0 Å². The lowest BCUT2D eigenvalue weighted by Gasteiger charge is -2.18. The standard InChI is InChI=1S/C11H20N2S/c1-5-6-12-10(4)9(3)11-13-8(2)7-14-11/h7,9-10,12H,5-6H2,1-4H3. The second-order valence-electron chi connectivity index (χ2n) is 3.86. The van der Waals surface area contributed by atoms with Gasteiger partial charge in [-0.2, -0.15) is 0 Å². The molecule has 1 rings (SSSR count). The van der Waals surface area contributed by atoms with Gasteiger partial charge < -0.3 is 5.32 Å². The minimum atomic E-state index is 0.514. The fourth-order valence-corrected chi connectivity index (χ4v) is 2.30. The zero-order valence-electron chi connectivity index (χ0n) is 9.50. The average Bonchev–Trinajstić information content (AvgIpc) is 2.60. The van der Waals surface area contributed by atoms with E-state index in [0.29, 0.717) is 12.0 Å². The van der Waals surface area contributed by atoms with Crippen LogP contribution >= 0.6 is 11.3 Å². The van der Waals surface area contributed by atoms with Crippen molar-refractivity contribution in [1.29, 1.82) is 0 Å². The lowest BCUT2D eigenvalue weighted by molar-refractivity contribution is 0.480. The largest absolute Gasteiger partial charge is 0.314 e. The summed E-state index contributed by atoms with van der Waals surface area (Å²) in [7, 11) is 0. The number of nitrogens with one attached hydrogen (secondary N) is 1. The Morgan fingerprint density at radius 2 is 2.21 bits per heavy atom. The number of nitrogens with zero attached hydrogens (tertiary/aromatic N) is 1. The molecule has 0 aliphatic heterocycles. The van der Waals surface area contributed by atoms with Crippen LogP contribution in [0.3, 0.4) is 0 Å². The highest BCUT2D eigenvalue weighted by Gasteiger charge is 2.16. The minimum absolute atomic E-state index is 0.514. The first-order valence-corrected chi connectivity index (χ1v) is 6.18. The van der Waals surface area contributed by atoms with E-state index in [-0.39, 0.29) is 0 Å². The zero-order chi connectivity index (χ0) is 10.6. The smallest absolute Gasteiger partial charge is 0.0971 e. The van der Waals surface area contributed by atoms with E-state index in [1.807, 2.05) is 0 Å². The van der Waals surface area contributed by atoms with Gasteiger partial charge >= 0.3 is 0 Å². The third-order valence-electron chi connectivity index (χ3n) is 2.49. The molecule has 2 atom stereocenters. The molecular formula is C11H20N2S. The molecule has 2 unspecified atom stereocenters. The predicted octanol–water partition coefficient (Wildman–Crippen LogP) is 2.94. The van der Waals surface area contributed by atoms with Gasteiger partial charge in [-0.05, 0) is 26.8 Å². The second-order valence-corrected chi connectivity index (χ2v) is 4.75. The molecule has 2 nitrogen and oxygen atoms in total. The SMILES string of the molecule is CCCNC(C)C(C)c1nc(C)cs1. The molecule has 1 N–H and O–H groups in total. The molecule has 0 aromatic carbocycles. The Balaban J connectivity index is 2.51. The summed E-state index contributed by atoms with van der Waals surface area (Å²) in [5.74, 6) is 0.514. The normalized spacial score (nSPS) is 15.4. The Morgan fingerprint density at radius 1 is 1.50 bits per heavy atom. The quantitative estimate of drug-likeness (QED) is 0.811. The van der Waals surface area contributed by atoms with Crippen molar-refractivity contribution in [2.45, 2.75) is 46.1 Å². The van der Waals surface area contributed by atoms with Crippen LogP contribution in [0.15, 0.2) is 5.38 Å². The number of hydrogen-bond donors (Lipinski definition) is 1. The maximum atomic E-state index is 4.52. The third kappa shape index (κ3) is 3.07. The summed E-state index contributed by atoms with van der Waals surface area (Å²) >= 11 is 1.77. The minimum Gasteiger partial charge on any atom is -0.314 e. The highest BCUT2D eigenvalue weighted by molar-refractivity contribution is 7.09. The Hall–Kier alpha value is -0.410. The molecule has 14 heavy (non-hydrogen) atoms. The molecule has 0 radical (unpaired) electrons. The Labute approximate surface area is 90.8 Å². The van der Waals surface area contributed by atoms with E-state index in [1.54, 1.807) is 11.3 Å². The maximum absolute atomic E-state index is 4.52. The van der Waals surface area contributed by atoms with Crippen LogP contribution in [0, 0.1) is 6.92 Å². The third-order valence-corrected chi connectivity index (χ3v) is 3.66. The summed E-state index contributed by atoms with van der Waals surface area (Å²) in [4.78, 5) is 4.52. The van der Waals surface area contributed by atoms with E-state index in [2.05, 4.69) is 43.4 Å². The first-order valence-electron chi connectivity index (χ1n) is 5.30. The highest BCUT2D eigenvalue weighted by Crippen LogP contribution is 2.22. The van der Waals surface area contributed by atoms with Crippen LogP contribution in [-0.2, 0) is 0 Å². The van der Waals surface area contributed by atoms with Crippen molar-refractivity contribution in [2.75, 3.05) is 6.54 Å². The van der Waals surface area contributed by atoms with Crippen LogP contribution in [0.2, 0.25) is 0 Å². The second kappa shape index (κ2) is 5.47. The molecule has 0 aliphatic rings. The summed E-state index contributed by atoms with van der Waals surface area (Å²) in [6.07, 6.45) is 1.19. The van der Waals surface area contributed by atoms with Gasteiger partial charge in [-0.1, -0.05) is 13.8 Å². The topological polar surface area (TPSA) is 24.9 Å². The number of rotatable bonds is 5. The van der Waals surface area contributed by atoms with Crippen LogP contribution in [-0.4, -0.2) is 17.6 Å². The molecule has 0 amide bonds. The fourth-order valence-electron chi connectivity index (χ4n) is 1.34. The average molecular weight is 212 g/mol. The van der Waals surface area contributed by atoms with Crippen molar-refractivity contribution in [1.82, 2.24) is 10.3 Å². The Kier molecular flexibility index (Phi) is 4.55. The summed E-state index contributed by atoms with van der Waals surface area (Å²) in [6, 6.07) is 0.514. The Morgan fingerprint density at radius 3 is 2.71 bits per heavy atom. The number of aryl methyl sites for hydroxylation is 1. The lowest BCUT2D eigenvalue weighted by atomic mass is 10.0. The van der Waals surface area contributed by atoms with Crippen LogP contribution < -0.4 is 5.32 Å². The molecule has 0 aliphatic carbocycles. The number of thiazole rings is 1. The lowest BCUT2D eigenvalue weighted by Crippen LogP contribution is -2.31. The fraction of sp³-hybridized carbons (Fsp3) is 0.727. The first kappa shape index (κ1) is 11.7. The molecule has 3 heteroatoms. The molecular weight excluding hydrogens is 192 g/mol. The van der Waals surface area contributed by atoms with Crippen molar-refractivity contribution >= 4 is 11.3 Å². The molecule has 1 aromatic rings. The van der Waals surface area contributed by atoms with Crippen molar-refractivity contribution in [3.8, 4) is 0 Å². The van der Waals surface area contributed by atoms with Crippen LogP contribution in [0.5, 0.6) is 0 Å². The first-order chi connectivity index (χ1) is 6.65. The van der Waals surface area contributed by atoms with Crippen LogP contribution in [0.1, 0.15) is 43.8 Å². The molecule has 0 spiro atoms.